The molecule has 0 fully saturated rings. The summed E-state index contributed by atoms with van der Waals surface area (Å²) < 4.78 is 0. The van der Waals surface area contributed by atoms with Gasteiger partial charge in [0.25, 0.3) is 0 Å². The van der Waals surface area contributed by atoms with E-state index in [1.165, 1.54) is 5.56 Å². The van der Waals surface area contributed by atoms with Gasteiger partial charge in [0.2, 0.25) is 0 Å². The van der Waals surface area contributed by atoms with Crippen LogP contribution in [-0.4, -0.2) is 0 Å². The van der Waals surface area contributed by atoms with Gasteiger partial charge in [0.05, 0.1) is 0 Å². The van der Waals surface area contributed by atoms with Crippen LogP contribution in [0.3, 0.4) is 0 Å². The lowest BCUT2D eigenvalue weighted by Crippen LogP contribution is -2.01. The van der Waals surface area contributed by atoms with Crippen molar-refractivity contribution in [3.63, 3.8) is 0 Å². The first kappa shape index (κ1) is 11.8. The van der Waals surface area contributed by atoms with E-state index in [1.54, 1.807) is 0 Å². The van der Waals surface area contributed by atoms with Gasteiger partial charge in [-0.1, -0.05) is 29.8 Å². The molecule has 0 spiro atoms. The highest BCUT2D eigenvalue weighted by Gasteiger charge is 1.99. The Morgan fingerprint density at radius 3 is 2.76 bits per heavy atom. The minimum Gasteiger partial charge on any atom is -0.399 e. The maximum absolute atomic E-state index is 5.96. The molecule has 17 heavy (non-hydrogen) atoms. The first-order valence-electron chi connectivity index (χ1n) is 5.49. The number of nitrogens with two attached hydrogens (primary N) is 1. The summed E-state index contributed by atoms with van der Waals surface area (Å²) in [5.41, 5.74) is 9.91. The van der Waals surface area contributed by atoms with Crippen molar-refractivity contribution in [3.05, 3.63) is 58.6 Å². The molecule has 3 N–H and O–H groups in total. The minimum absolute atomic E-state index is 0.741. The van der Waals surface area contributed by atoms with Crippen LogP contribution < -0.4 is 11.1 Å². The standard InChI is InChI=1S/C14H15ClN2/c1-10-5-6-12(15)8-14(10)17-9-11-3-2-4-13(16)7-11/h2-8,17H,9,16H2,1H3. The van der Waals surface area contributed by atoms with Crippen LogP contribution in [0.4, 0.5) is 11.4 Å². The van der Waals surface area contributed by atoms with Crippen LogP contribution in [0.5, 0.6) is 0 Å². The van der Waals surface area contributed by atoms with Gasteiger partial charge < -0.3 is 11.1 Å². The van der Waals surface area contributed by atoms with Gasteiger partial charge in [-0.15, -0.1) is 0 Å². The summed E-state index contributed by atoms with van der Waals surface area (Å²) in [5, 5.41) is 4.10. The van der Waals surface area contributed by atoms with E-state index >= 15 is 0 Å². The second-order valence-electron chi connectivity index (χ2n) is 4.06. The smallest absolute Gasteiger partial charge is 0.0426 e. The summed E-state index contributed by atoms with van der Waals surface area (Å²) in [6.07, 6.45) is 0. The van der Waals surface area contributed by atoms with E-state index in [1.807, 2.05) is 42.5 Å². The van der Waals surface area contributed by atoms with E-state index in [-0.39, 0.29) is 0 Å². The van der Waals surface area contributed by atoms with Crippen LogP contribution in [0, 0.1) is 6.92 Å². The first-order valence-corrected chi connectivity index (χ1v) is 5.87. The van der Waals surface area contributed by atoms with E-state index in [0.717, 1.165) is 28.5 Å². The van der Waals surface area contributed by atoms with Gasteiger partial charge in [-0.2, -0.15) is 0 Å². The molecule has 88 valence electrons. The molecule has 2 aromatic carbocycles. The third-order valence-electron chi connectivity index (χ3n) is 2.63. The Morgan fingerprint density at radius 2 is 2.00 bits per heavy atom. The summed E-state index contributed by atoms with van der Waals surface area (Å²) in [5.74, 6) is 0. The molecule has 0 atom stereocenters. The van der Waals surface area contributed by atoms with E-state index in [2.05, 4.69) is 12.2 Å². The van der Waals surface area contributed by atoms with Crippen molar-refractivity contribution in [3.8, 4) is 0 Å². The zero-order valence-corrected chi connectivity index (χ0v) is 10.5. The highest BCUT2D eigenvalue weighted by molar-refractivity contribution is 6.30. The van der Waals surface area contributed by atoms with Crippen LogP contribution in [0.2, 0.25) is 5.02 Å². The lowest BCUT2D eigenvalue weighted by Gasteiger charge is -2.10. The molecule has 2 rings (SSSR count). The Bertz CT molecular complexity index is 523. The van der Waals surface area contributed by atoms with Crippen LogP contribution in [0.25, 0.3) is 0 Å². The lowest BCUT2D eigenvalue weighted by molar-refractivity contribution is 1.14. The topological polar surface area (TPSA) is 38.0 Å². The summed E-state index contributed by atoms with van der Waals surface area (Å²) in [4.78, 5) is 0. The number of nitrogens with one attached hydrogen (secondary N) is 1. The van der Waals surface area contributed by atoms with Crippen LogP contribution >= 0.6 is 11.6 Å². The fraction of sp³-hybridized carbons (Fsp3) is 0.143. The van der Waals surface area contributed by atoms with E-state index in [0.29, 0.717) is 0 Å². The fourth-order valence-electron chi connectivity index (χ4n) is 1.69. The molecule has 0 saturated carbocycles. The van der Waals surface area contributed by atoms with Crippen molar-refractivity contribution in [2.75, 3.05) is 11.1 Å². The monoisotopic (exact) mass is 246 g/mol. The molecule has 2 aromatic rings. The van der Waals surface area contributed by atoms with E-state index in [9.17, 15) is 0 Å². The fourth-order valence-corrected chi connectivity index (χ4v) is 1.86. The molecular weight excluding hydrogens is 232 g/mol. The van der Waals surface area contributed by atoms with Gasteiger partial charge in [0.15, 0.2) is 0 Å². The van der Waals surface area contributed by atoms with Crippen molar-refractivity contribution in [2.45, 2.75) is 13.5 Å². The SMILES string of the molecule is Cc1ccc(Cl)cc1NCc1cccc(N)c1. The Morgan fingerprint density at radius 1 is 1.18 bits per heavy atom. The molecule has 0 heterocycles. The van der Waals surface area contributed by atoms with Gasteiger partial charge in [-0.25, -0.2) is 0 Å². The largest absolute Gasteiger partial charge is 0.399 e. The second kappa shape index (κ2) is 5.11. The molecule has 0 saturated heterocycles. The van der Waals surface area contributed by atoms with Crippen LogP contribution in [-0.2, 0) is 6.54 Å². The van der Waals surface area contributed by atoms with Crippen molar-refractivity contribution in [2.24, 2.45) is 0 Å². The molecule has 0 aromatic heterocycles. The zero-order valence-electron chi connectivity index (χ0n) is 9.70. The first-order chi connectivity index (χ1) is 8.15. The molecular formula is C14H15ClN2. The number of hydrogen-bond donors (Lipinski definition) is 2. The number of halogens is 1. The molecule has 3 heteroatoms. The van der Waals surface area contributed by atoms with Gasteiger partial charge in [0, 0.05) is 22.9 Å². The van der Waals surface area contributed by atoms with Gasteiger partial charge in [0.1, 0.15) is 0 Å². The number of benzene rings is 2. The third kappa shape index (κ3) is 3.14. The Hall–Kier alpha value is -1.67. The summed E-state index contributed by atoms with van der Waals surface area (Å²) in [7, 11) is 0. The number of hydrogen-bond acceptors (Lipinski definition) is 2. The molecule has 0 aliphatic rings. The Balaban J connectivity index is 2.09. The van der Waals surface area contributed by atoms with Gasteiger partial charge in [-0.3, -0.25) is 0 Å². The number of nitrogen functional groups attached to an aromatic ring is 1. The van der Waals surface area contributed by atoms with Gasteiger partial charge in [-0.05, 0) is 42.3 Å². The maximum Gasteiger partial charge on any atom is 0.0426 e. The van der Waals surface area contributed by atoms with Crippen molar-refractivity contribution < 1.29 is 0 Å². The Kier molecular flexibility index (Phi) is 3.55. The average Bonchev–Trinajstić information content (AvgIpc) is 2.30. The molecule has 0 aliphatic heterocycles. The summed E-state index contributed by atoms with van der Waals surface area (Å²) >= 11 is 5.96. The molecule has 2 nitrogen and oxygen atoms in total. The van der Waals surface area contributed by atoms with Gasteiger partial charge >= 0.3 is 0 Å². The average molecular weight is 247 g/mol. The maximum atomic E-state index is 5.96. The number of aryl methyl sites for hydroxylation is 1. The van der Waals surface area contributed by atoms with E-state index < -0.39 is 0 Å². The normalized spacial score (nSPS) is 10.2. The van der Waals surface area contributed by atoms with Crippen LogP contribution in [0.1, 0.15) is 11.1 Å². The predicted molar refractivity (Wildman–Crippen MR) is 74.4 cm³/mol. The zero-order chi connectivity index (χ0) is 12.3. The summed E-state index contributed by atoms with van der Waals surface area (Å²) in [6.45, 7) is 2.80. The highest BCUT2D eigenvalue weighted by atomic mass is 35.5. The predicted octanol–water partition coefficient (Wildman–Crippen LogP) is 3.84. The van der Waals surface area contributed by atoms with Crippen molar-refractivity contribution in [1.29, 1.82) is 0 Å². The molecule has 0 amide bonds. The van der Waals surface area contributed by atoms with Crippen molar-refractivity contribution >= 4 is 23.0 Å². The third-order valence-corrected chi connectivity index (χ3v) is 2.87. The Labute approximate surface area is 106 Å². The number of rotatable bonds is 3. The van der Waals surface area contributed by atoms with Crippen molar-refractivity contribution in [1.82, 2.24) is 0 Å². The van der Waals surface area contributed by atoms with E-state index in [4.69, 9.17) is 17.3 Å². The number of anilines is 2. The molecule has 0 bridgehead atoms. The summed E-state index contributed by atoms with van der Waals surface area (Å²) in [6, 6.07) is 13.7. The highest BCUT2D eigenvalue weighted by Crippen LogP contribution is 2.21. The second-order valence-corrected chi connectivity index (χ2v) is 4.49. The molecule has 0 aliphatic carbocycles. The molecule has 0 radical (unpaired) electrons. The minimum atomic E-state index is 0.741. The lowest BCUT2D eigenvalue weighted by atomic mass is 10.1. The molecule has 0 unspecified atom stereocenters. The quantitative estimate of drug-likeness (QED) is 0.808. The van der Waals surface area contributed by atoms with Crippen LogP contribution in [0.15, 0.2) is 42.5 Å².